The number of hydrogen-bond donors (Lipinski definition) is 1. The van der Waals surface area contributed by atoms with Crippen LogP contribution in [0.3, 0.4) is 0 Å². The number of likely N-dealkylation sites (tertiary alicyclic amines) is 1. The molecule has 0 aliphatic carbocycles. The average Bonchev–Trinajstić information content (AvgIpc) is 2.49. The van der Waals surface area contributed by atoms with Gasteiger partial charge in [0, 0.05) is 63.7 Å². The van der Waals surface area contributed by atoms with Crippen molar-refractivity contribution >= 4 is 0 Å². The minimum atomic E-state index is -0.567. The monoisotopic (exact) mass is 277 g/mol. The van der Waals surface area contributed by atoms with Crippen LogP contribution in [0.4, 0.5) is 0 Å². The predicted molar refractivity (Wildman–Crippen MR) is 75.4 cm³/mol. The number of piperidine rings is 1. The molecule has 0 aromatic carbocycles. The molecule has 2 aliphatic heterocycles. The molecule has 5 heteroatoms. The molecule has 110 valence electrons. The molecule has 0 radical (unpaired) electrons. The predicted octanol–water partition coefficient (Wildman–Crippen LogP) is 1.20. The van der Waals surface area contributed by atoms with Crippen molar-refractivity contribution in [1.82, 2.24) is 14.9 Å². The molecule has 1 aromatic heterocycles. The van der Waals surface area contributed by atoms with Crippen molar-refractivity contribution in [3.05, 3.63) is 24.3 Å². The lowest BCUT2D eigenvalue weighted by Crippen LogP contribution is -2.49. The van der Waals surface area contributed by atoms with Crippen molar-refractivity contribution in [2.45, 2.75) is 37.2 Å². The third-order valence-corrected chi connectivity index (χ3v) is 4.45. The lowest BCUT2D eigenvalue weighted by Gasteiger charge is -2.40. The summed E-state index contributed by atoms with van der Waals surface area (Å²) in [6.45, 7) is 4.16. The van der Waals surface area contributed by atoms with Crippen LogP contribution in [-0.4, -0.2) is 58.4 Å². The molecule has 3 rings (SSSR count). The maximum Gasteiger partial charge on any atom is 0.0817 e. The van der Waals surface area contributed by atoms with Gasteiger partial charge in [0.15, 0.2) is 0 Å². The number of hydrogen-bond acceptors (Lipinski definition) is 5. The fraction of sp³-hybridized carbons (Fsp3) is 0.733. The van der Waals surface area contributed by atoms with Gasteiger partial charge in [-0.25, -0.2) is 0 Å². The Morgan fingerprint density at radius 2 is 2.20 bits per heavy atom. The highest BCUT2D eigenvalue weighted by Gasteiger charge is 2.34. The molecule has 2 fully saturated rings. The van der Waals surface area contributed by atoms with Crippen molar-refractivity contribution in [1.29, 1.82) is 0 Å². The molecule has 0 bridgehead atoms. The van der Waals surface area contributed by atoms with Gasteiger partial charge >= 0.3 is 0 Å². The van der Waals surface area contributed by atoms with Crippen LogP contribution >= 0.6 is 0 Å². The number of nitrogens with zero attached hydrogens (tertiary/aromatic N) is 3. The summed E-state index contributed by atoms with van der Waals surface area (Å²) in [5.74, 6) is 0.445. The van der Waals surface area contributed by atoms with E-state index in [1.807, 2.05) is 6.20 Å². The Balaban J connectivity index is 1.60. The maximum absolute atomic E-state index is 10.6. The molecule has 5 nitrogen and oxygen atoms in total. The topological polar surface area (TPSA) is 58.5 Å². The smallest absolute Gasteiger partial charge is 0.0817 e. The van der Waals surface area contributed by atoms with Crippen LogP contribution in [0.25, 0.3) is 0 Å². The summed E-state index contributed by atoms with van der Waals surface area (Å²) in [6, 6.07) is 0. The first-order valence-corrected chi connectivity index (χ1v) is 7.54. The number of aromatic nitrogens is 2. The van der Waals surface area contributed by atoms with E-state index in [2.05, 4.69) is 14.9 Å². The van der Waals surface area contributed by atoms with E-state index in [4.69, 9.17) is 4.74 Å². The van der Waals surface area contributed by atoms with E-state index < -0.39 is 5.60 Å². The molecule has 1 N–H and O–H groups in total. The maximum atomic E-state index is 10.6. The zero-order valence-electron chi connectivity index (χ0n) is 11.9. The largest absolute Gasteiger partial charge is 0.388 e. The number of aliphatic hydroxyl groups is 1. The summed E-state index contributed by atoms with van der Waals surface area (Å²) in [5, 5.41) is 10.6. The number of β-amino-alcohol motifs (C(OH)–C–C–N with tert-alkyl or cyclic N) is 1. The second kappa shape index (κ2) is 6.16. The van der Waals surface area contributed by atoms with Crippen molar-refractivity contribution in [3.8, 4) is 0 Å². The molecule has 0 amide bonds. The first-order chi connectivity index (χ1) is 9.75. The van der Waals surface area contributed by atoms with Crippen LogP contribution in [0.5, 0.6) is 0 Å². The highest BCUT2D eigenvalue weighted by atomic mass is 16.5. The SMILES string of the molecule is OC1(CN2CCCC(c3cnccn3)C2)CCOCC1. The van der Waals surface area contributed by atoms with Crippen molar-refractivity contribution in [2.24, 2.45) is 0 Å². The molecule has 0 saturated carbocycles. The standard InChI is InChI=1S/C15H23N3O2/c19-15(3-8-20-9-4-15)12-18-7-1-2-13(11-18)14-10-16-5-6-17-14/h5-6,10,13,19H,1-4,7-9,11-12H2. The van der Waals surface area contributed by atoms with Crippen molar-refractivity contribution < 1.29 is 9.84 Å². The lowest BCUT2D eigenvalue weighted by molar-refractivity contribution is -0.0824. The fourth-order valence-corrected chi connectivity index (χ4v) is 3.29. The van der Waals surface area contributed by atoms with Crippen LogP contribution in [0.1, 0.15) is 37.3 Å². The van der Waals surface area contributed by atoms with E-state index in [9.17, 15) is 5.11 Å². The van der Waals surface area contributed by atoms with Crippen LogP contribution in [-0.2, 0) is 4.74 Å². The molecule has 3 heterocycles. The van der Waals surface area contributed by atoms with Gasteiger partial charge in [0.2, 0.25) is 0 Å². The molecule has 2 saturated heterocycles. The Morgan fingerprint density at radius 3 is 2.95 bits per heavy atom. The van der Waals surface area contributed by atoms with Crippen LogP contribution in [0.15, 0.2) is 18.6 Å². The molecular weight excluding hydrogens is 254 g/mol. The van der Waals surface area contributed by atoms with Gasteiger partial charge in [-0.15, -0.1) is 0 Å². The van der Waals surface area contributed by atoms with E-state index >= 15 is 0 Å². The summed E-state index contributed by atoms with van der Waals surface area (Å²) < 4.78 is 5.35. The summed E-state index contributed by atoms with van der Waals surface area (Å²) in [4.78, 5) is 11.0. The van der Waals surface area contributed by atoms with E-state index in [0.717, 1.165) is 51.0 Å². The first-order valence-electron chi connectivity index (χ1n) is 7.54. The van der Waals surface area contributed by atoms with E-state index in [1.54, 1.807) is 12.4 Å². The minimum Gasteiger partial charge on any atom is -0.388 e. The third kappa shape index (κ3) is 3.34. The average molecular weight is 277 g/mol. The first kappa shape index (κ1) is 13.9. The second-order valence-electron chi connectivity index (χ2n) is 6.04. The second-order valence-corrected chi connectivity index (χ2v) is 6.04. The Hall–Kier alpha value is -1.04. The molecule has 20 heavy (non-hydrogen) atoms. The molecule has 1 atom stereocenters. The summed E-state index contributed by atoms with van der Waals surface area (Å²) in [7, 11) is 0. The van der Waals surface area contributed by atoms with E-state index in [0.29, 0.717) is 19.1 Å². The zero-order valence-corrected chi connectivity index (χ0v) is 11.9. The van der Waals surface area contributed by atoms with Gasteiger partial charge in [-0.3, -0.25) is 14.9 Å². The molecular formula is C15H23N3O2. The van der Waals surface area contributed by atoms with Gasteiger partial charge in [0.1, 0.15) is 0 Å². The minimum absolute atomic E-state index is 0.445. The molecule has 0 spiro atoms. The van der Waals surface area contributed by atoms with Gasteiger partial charge in [-0.05, 0) is 19.4 Å². The highest BCUT2D eigenvalue weighted by molar-refractivity contribution is 5.06. The lowest BCUT2D eigenvalue weighted by atomic mass is 9.90. The quantitative estimate of drug-likeness (QED) is 0.899. The molecule has 1 unspecified atom stereocenters. The molecule has 2 aliphatic rings. The Kier molecular flexibility index (Phi) is 4.29. The Labute approximate surface area is 120 Å². The van der Waals surface area contributed by atoms with Gasteiger partial charge in [-0.2, -0.15) is 0 Å². The number of rotatable bonds is 3. The fourth-order valence-electron chi connectivity index (χ4n) is 3.29. The van der Waals surface area contributed by atoms with Gasteiger partial charge < -0.3 is 9.84 Å². The summed E-state index contributed by atoms with van der Waals surface area (Å²) >= 11 is 0. The van der Waals surface area contributed by atoms with E-state index in [-0.39, 0.29) is 0 Å². The normalized spacial score (nSPS) is 27.4. The zero-order chi connectivity index (χ0) is 13.8. The van der Waals surface area contributed by atoms with E-state index in [1.165, 1.54) is 0 Å². The summed E-state index contributed by atoms with van der Waals surface area (Å²) in [5.41, 5.74) is 0.513. The van der Waals surface area contributed by atoms with Crippen LogP contribution < -0.4 is 0 Å². The Bertz CT molecular complexity index is 420. The van der Waals surface area contributed by atoms with Crippen molar-refractivity contribution in [2.75, 3.05) is 32.8 Å². The van der Waals surface area contributed by atoms with Crippen LogP contribution in [0.2, 0.25) is 0 Å². The molecule has 1 aromatic rings. The third-order valence-electron chi connectivity index (χ3n) is 4.45. The highest BCUT2D eigenvalue weighted by Crippen LogP contribution is 2.28. The van der Waals surface area contributed by atoms with Gasteiger partial charge in [-0.1, -0.05) is 0 Å². The van der Waals surface area contributed by atoms with Crippen molar-refractivity contribution in [3.63, 3.8) is 0 Å². The Morgan fingerprint density at radius 1 is 1.35 bits per heavy atom. The van der Waals surface area contributed by atoms with Gasteiger partial charge in [0.05, 0.1) is 11.3 Å². The summed E-state index contributed by atoms with van der Waals surface area (Å²) in [6.07, 6.45) is 9.18. The van der Waals surface area contributed by atoms with Crippen LogP contribution in [0, 0.1) is 0 Å². The number of ether oxygens (including phenoxy) is 1. The van der Waals surface area contributed by atoms with Gasteiger partial charge in [0.25, 0.3) is 0 Å².